The van der Waals surface area contributed by atoms with Crippen molar-refractivity contribution in [2.45, 2.75) is 52.6 Å². The van der Waals surface area contributed by atoms with E-state index in [9.17, 15) is 9.59 Å². The van der Waals surface area contributed by atoms with E-state index in [2.05, 4.69) is 15.6 Å². The Hall–Kier alpha value is -1.66. The van der Waals surface area contributed by atoms with E-state index in [0.717, 1.165) is 38.0 Å². The molecule has 26 heavy (non-hydrogen) atoms. The van der Waals surface area contributed by atoms with Crippen molar-refractivity contribution < 1.29 is 9.59 Å². The lowest BCUT2D eigenvalue weighted by molar-refractivity contribution is -0.137. The average molecular weight is 383 g/mol. The average Bonchev–Trinajstić information content (AvgIpc) is 2.86. The number of amides is 2. The van der Waals surface area contributed by atoms with Crippen LogP contribution in [0.1, 0.15) is 45.7 Å². The fourth-order valence-electron chi connectivity index (χ4n) is 2.92. The van der Waals surface area contributed by atoms with Gasteiger partial charge in [0.05, 0.1) is 18.8 Å². The third kappa shape index (κ3) is 6.92. The standard InChI is InChI=1S/C19H30N4O2.ClH/c1-19(2,3)18(25)22-13-17(24)23(14-15-7-4-5-11-21-15)16-8-6-10-20-12-9-16;/h4-5,7,11,16,20H,6,8-10,12-14H2,1-3H3,(H,22,25);1H. The Morgan fingerprint density at radius 3 is 2.69 bits per heavy atom. The number of nitrogens with zero attached hydrogens (tertiary/aromatic N) is 2. The summed E-state index contributed by atoms with van der Waals surface area (Å²) in [5.74, 6) is -0.156. The van der Waals surface area contributed by atoms with E-state index in [1.54, 1.807) is 6.20 Å². The first kappa shape index (κ1) is 22.4. The van der Waals surface area contributed by atoms with Crippen LogP contribution in [0, 0.1) is 5.41 Å². The van der Waals surface area contributed by atoms with E-state index in [1.165, 1.54) is 0 Å². The molecule has 1 fully saturated rings. The van der Waals surface area contributed by atoms with E-state index in [1.807, 2.05) is 43.9 Å². The van der Waals surface area contributed by atoms with Crippen LogP contribution in [-0.2, 0) is 16.1 Å². The van der Waals surface area contributed by atoms with Gasteiger partial charge in [0.1, 0.15) is 0 Å². The van der Waals surface area contributed by atoms with E-state index in [-0.39, 0.29) is 36.8 Å². The lowest BCUT2D eigenvalue weighted by Crippen LogP contribution is -2.47. The molecule has 2 heterocycles. The highest BCUT2D eigenvalue weighted by molar-refractivity contribution is 5.87. The van der Waals surface area contributed by atoms with Crippen molar-refractivity contribution >= 4 is 24.2 Å². The van der Waals surface area contributed by atoms with E-state index in [0.29, 0.717) is 6.54 Å². The number of halogens is 1. The van der Waals surface area contributed by atoms with Crippen molar-refractivity contribution in [2.75, 3.05) is 19.6 Å². The second-order valence-corrected chi connectivity index (χ2v) is 7.61. The highest BCUT2D eigenvalue weighted by Crippen LogP contribution is 2.17. The van der Waals surface area contributed by atoms with Gasteiger partial charge in [-0.15, -0.1) is 12.4 Å². The third-order valence-electron chi connectivity index (χ3n) is 4.45. The van der Waals surface area contributed by atoms with Crippen molar-refractivity contribution in [2.24, 2.45) is 5.41 Å². The first-order valence-electron chi connectivity index (χ1n) is 9.06. The van der Waals surface area contributed by atoms with Crippen LogP contribution in [0.3, 0.4) is 0 Å². The molecule has 1 unspecified atom stereocenters. The second kappa shape index (κ2) is 10.5. The van der Waals surface area contributed by atoms with Gasteiger partial charge in [0.2, 0.25) is 11.8 Å². The molecule has 0 aliphatic carbocycles. The van der Waals surface area contributed by atoms with Gasteiger partial charge in [-0.2, -0.15) is 0 Å². The number of hydrogen-bond donors (Lipinski definition) is 2. The van der Waals surface area contributed by atoms with Crippen LogP contribution in [0.5, 0.6) is 0 Å². The van der Waals surface area contributed by atoms with Gasteiger partial charge in [-0.25, -0.2) is 0 Å². The smallest absolute Gasteiger partial charge is 0.242 e. The molecular weight excluding hydrogens is 352 g/mol. The monoisotopic (exact) mass is 382 g/mol. The van der Waals surface area contributed by atoms with Gasteiger partial charge in [-0.3, -0.25) is 14.6 Å². The van der Waals surface area contributed by atoms with Crippen molar-refractivity contribution in [1.29, 1.82) is 0 Å². The van der Waals surface area contributed by atoms with Crippen molar-refractivity contribution in [3.8, 4) is 0 Å². The van der Waals surface area contributed by atoms with Gasteiger partial charge < -0.3 is 15.5 Å². The van der Waals surface area contributed by atoms with Gasteiger partial charge in [-0.1, -0.05) is 26.8 Å². The highest BCUT2D eigenvalue weighted by Gasteiger charge is 2.27. The van der Waals surface area contributed by atoms with Crippen molar-refractivity contribution in [1.82, 2.24) is 20.5 Å². The second-order valence-electron chi connectivity index (χ2n) is 7.61. The zero-order valence-electron chi connectivity index (χ0n) is 16.0. The molecule has 2 N–H and O–H groups in total. The number of carbonyl (C=O) groups is 2. The third-order valence-corrected chi connectivity index (χ3v) is 4.45. The molecule has 1 aliphatic heterocycles. The zero-order valence-corrected chi connectivity index (χ0v) is 16.8. The predicted molar refractivity (Wildman–Crippen MR) is 105 cm³/mol. The maximum Gasteiger partial charge on any atom is 0.242 e. The molecule has 1 aliphatic rings. The highest BCUT2D eigenvalue weighted by atomic mass is 35.5. The molecule has 2 rings (SSSR count). The lowest BCUT2D eigenvalue weighted by atomic mass is 9.96. The number of rotatable bonds is 5. The minimum Gasteiger partial charge on any atom is -0.347 e. The molecule has 7 heteroatoms. The number of aromatic nitrogens is 1. The molecule has 2 amide bonds. The molecule has 0 radical (unpaired) electrons. The maximum absolute atomic E-state index is 12.9. The Bertz CT molecular complexity index is 567. The SMILES string of the molecule is CC(C)(C)C(=O)NCC(=O)N(Cc1ccccn1)C1CCCNCC1.Cl. The topological polar surface area (TPSA) is 74.3 Å². The Morgan fingerprint density at radius 2 is 2.04 bits per heavy atom. The fraction of sp³-hybridized carbons (Fsp3) is 0.632. The molecule has 1 aromatic heterocycles. The van der Waals surface area contributed by atoms with Crippen LogP contribution in [0.25, 0.3) is 0 Å². The molecule has 0 bridgehead atoms. The lowest BCUT2D eigenvalue weighted by Gasteiger charge is -2.31. The van der Waals surface area contributed by atoms with Crippen molar-refractivity contribution in [3.05, 3.63) is 30.1 Å². The van der Waals surface area contributed by atoms with E-state index >= 15 is 0 Å². The summed E-state index contributed by atoms with van der Waals surface area (Å²) in [7, 11) is 0. The molecule has 6 nitrogen and oxygen atoms in total. The molecule has 0 spiro atoms. The minimum atomic E-state index is -0.502. The summed E-state index contributed by atoms with van der Waals surface area (Å²) in [6, 6.07) is 5.91. The Balaban J connectivity index is 0.00000338. The van der Waals surface area contributed by atoms with E-state index < -0.39 is 5.41 Å². The molecular formula is C19H31ClN4O2. The van der Waals surface area contributed by atoms with Crippen LogP contribution in [0.4, 0.5) is 0 Å². The zero-order chi connectivity index (χ0) is 18.3. The summed E-state index contributed by atoms with van der Waals surface area (Å²) in [6.45, 7) is 7.94. The summed E-state index contributed by atoms with van der Waals surface area (Å²) >= 11 is 0. The normalized spacial score (nSPS) is 17.6. The summed E-state index contributed by atoms with van der Waals surface area (Å²) in [4.78, 5) is 31.2. The Morgan fingerprint density at radius 1 is 1.27 bits per heavy atom. The van der Waals surface area contributed by atoms with E-state index in [4.69, 9.17) is 0 Å². The summed E-state index contributed by atoms with van der Waals surface area (Å²) in [5.41, 5.74) is 0.369. The first-order chi connectivity index (χ1) is 11.9. The summed E-state index contributed by atoms with van der Waals surface area (Å²) in [6.07, 6.45) is 4.68. The molecule has 1 aromatic rings. The van der Waals surface area contributed by atoms with Gasteiger partial charge in [0.15, 0.2) is 0 Å². The van der Waals surface area contributed by atoms with Crippen molar-refractivity contribution in [3.63, 3.8) is 0 Å². The van der Waals surface area contributed by atoms with Gasteiger partial charge >= 0.3 is 0 Å². The number of carbonyl (C=O) groups excluding carboxylic acids is 2. The molecule has 1 saturated heterocycles. The fourth-order valence-corrected chi connectivity index (χ4v) is 2.92. The van der Waals surface area contributed by atoms with Crippen LogP contribution in [0.2, 0.25) is 0 Å². The molecule has 146 valence electrons. The Kier molecular flexibility index (Phi) is 9.02. The molecule has 1 atom stereocenters. The quantitative estimate of drug-likeness (QED) is 0.818. The van der Waals surface area contributed by atoms with Gasteiger partial charge in [0.25, 0.3) is 0 Å². The first-order valence-corrected chi connectivity index (χ1v) is 9.06. The van der Waals surface area contributed by atoms with Crippen LogP contribution >= 0.6 is 12.4 Å². The Labute approximate surface area is 162 Å². The summed E-state index contributed by atoms with van der Waals surface area (Å²) < 4.78 is 0. The summed E-state index contributed by atoms with van der Waals surface area (Å²) in [5, 5.41) is 6.16. The van der Waals surface area contributed by atoms with Gasteiger partial charge in [-0.05, 0) is 44.5 Å². The molecule has 0 saturated carbocycles. The number of hydrogen-bond acceptors (Lipinski definition) is 4. The number of nitrogens with one attached hydrogen (secondary N) is 2. The van der Waals surface area contributed by atoms with Crippen LogP contribution in [-0.4, -0.2) is 47.4 Å². The molecule has 0 aromatic carbocycles. The largest absolute Gasteiger partial charge is 0.347 e. The minimum absolute atomic E-state index is 0. The van der Waals surface area contributed by atoms with Crippen LogP contribution in [0.15, 0.2) is 24.4 Å². The number of pyridine rings is 1. The maximum atomic E-state index is 12.9. The van der Waals surface area contributed by atoms with Gasteiger partial charge in [0, 0.05) is 17.7 Å². The van der Waals surface area contributed by atoms with Crippen LogP contribution < -0.4 is 10.6 Å². The predicted octanol–water partition coefficient (Wildman–Crippen LogP) is 2.14.